The molecule has 0 bridgehead atoms. The van der Waals surface area contributed by atoms with Crippen molar-refractivity contribution in [3.8, 4) is 0 Å². The summed E-state index contributed by atoms with van der Waals surface area (Å²) in [7, 11) is 0. The topological polar surface area (TPSA) is 20.3 Å². The molecular weight excluding hydrogens is 277 g/mol. The van der Waals surface area contributed by atoms with Crippen molar-refractivity contribution < 1.29 is 4.79 Å². The summed E-state index contributed by atoms with van der Waals surface area (Å²) in [6.45, 7) is 0.552. The normalized spacial score (nSPS) is 14.0. The van der Waals surface area contributed by atoms with Gasteiger partial charge in [-0.05, 0) is 30.3 Å². The first-order valence-electron chi connectivity index (χ1n) is 4.82. The van der Waals surface area contributed by atoms with Gasteiger partial charge in [0, 0.05) is 17.1 Å². The molecule has 17 heavy (non-hydrogen) atoms. The van der Waals surface area contributed by atoms with Gasteiger partial charge in [0.1, 0.15) is 0 Å². The van der Waals surface area contributed by atoms with Crippen molar-refractivity contribution in [1.82, 2.24) is 4.90 Å². The maximum absolute atomic E-state index is 12.1. The highest BCUT2D eigenvalue weighted by atomic mass is 35.5. The van der Waals surface area contributed by atoms with Gasteiger partial charge in [0.25, 0.3) is 5.91 Å². The van der Waals surface area contributed by atoms with E-state index in [1.165, 1.54) is 0 Å². The summed E-state index contributed by atoms with van der Waals surface area (Å²) in [5.74, 6) is -0.0673. The van der Waals surface area contributed by atoms with Crippen molar-refractivity contribution in [2.45, 2.75) is 0 Å². The quantitative estimate of drug-likeness (QED) is 0.784. The Bertz CT molecular complexity index is 468. The lowest BCUT2D eigenvalue weighted by Gasteiger charge is -2.23. The molecule has 0 spiro atoms. The molecule has 0 atom stereocenters. The van der Waals surface area contributed by atoms with Gasteiger partial charge in [-0.3, -0.25) is 9.69 Å². The molecule has 0 N–H and O–H groups in total. The van der Waals surface area contributed by atoms with Crippen LogP contribution in [0.3, 0.4) is 0 Å². The Morgan fingerprint density at radius 1 is 1.29 bits per heavy atom. The standard InChI is InChI=1S/C12H10ClNOS.ClH/c13-10-6-4-9(5-7-10)12(15)14-8-2-1-3-11(14)16;/h1-7,16H,8H2;1H. The fourth-order valence-corrected chi connectivity index (χ4v) is 1.82. The zero-order valence-electron chi connectivity index (χ0n) is 8.84. The van der Waals surface area contributed by atoms with E-state index in [4.69, 9.17) is 11.6 Å². The van der Waals surface area contributed by atoms with E-state index >= 15 is 0 Å². The SMILES string of the molecule is Cl.O=C(c1ccc(Cl)cc1)N1CC=CC=C1S. The van der Waals surface area contributed by atoms with E-state index in [0.717, 1.165) is 0 Å². The Morgan fingerprint density at radius 2 is 1.94 bits per heavy atom. The van der Waals surface area contributed by atoms with Gasteiger partial charge in [-0.2, -0.15) is 0 Å². The summed E-state index contributed by atoms with van der Waals surface area (Å²) in [4.78, 5) is 13.7. The Balaban J connectivity index is 0.00000144. The molecular formula is C12H11Cl2NOS. The number of hydrogen-bond acceptors (Lipinski definition) is 2. The van der Waals surface area contributed by atoms with Crippen LogP contribution in [0.4, 0.5) is 0 Å². The average molecular weight is 288 g/mol. The molecule has 90 valence electrons. The highest BCUT2D eigenvalue weighted by molar-refractivity contribution is 7.84. The first kappa shape index (κ1) is 14.2. The van der Waals surface area contributed by atoms with Gasteiger partial charge in [0.2, 0.25) is 0 Å². The van der Waals surface area contributed by atoms with Crippen molar-refractivity contribution >= 4 is 42.5 Å². The van der Waals surface area contributed by atoms with Crippen LogP contribution in [0.5, 0.6) is 0 Å². The van der Waals surface area contributed by atoms with Crippen LogP contribution >= 0.6 is 36.6 Å². The van der Waals surface area contributed by atoms with Crippen LogP contribution in [0, 0.1) is 0 Å². The van der Waals surface area contributed by atoms with Crippen LogP contribution < -0.4 is 0 Å². The van der Waals surface area contributed by atoms with E-state index in [1.54, 1.807) is 35.2 Å². The minimum absolute atomic E-state index is 0. The molecule has 2 rings (SSSR count). The summed E-state index contributed by atoms with van der Waals surface area (Å²) in [5.41, 5.74) is 0.611. The Morgan fingerprint density at radius 3 is 2.53 bits per heavy atom. The van der Waals surface area contributed by atoms with Crippen molar-refractivity contribution in [3.63, 3.8) is 0 Å². The van der Waals surface area contributed by atoms with Crippen molar-refractivity contribution in [2.24, 2.45) is 0 Å². The zero-order valence-corrected chi connectivity index (χ0v) is 11.3. The van der Waals surface area contributed by atoms with E-state index in [-0.39, 0.29) is 18.3 Å². The van der Waals surface area contributed by atoms with Crippen LogP contribution in [-0.4, -0.2) is 17.4 Å². The average Bonchev–Trinajstić information content (AvgIpc) is 2.30. The molecule has 0 unspecified atom stereocenters. The van der Waals surface area contributed by atoms with Gasteiger partial charge in [-0.25, -0.2) is 0 Å². The molecule has 0 saturated heterocycles. The van der Waals surface area contributed by atoms with Crippen molar-refractivity contribution in [1.29, 1.82) is 0 Å². The molecule has 0 saturated carbocycles. The number of thiol groups is 1. The monoisotopic (exact) mass is 287 g/mol. The molecule has 1 amide bonds. The van der Waals surface area contributed by atoms with Crippen LogP contribution in [-0.2, 0) is 0 Å². The van der Waals surface area contributed by atoms with Gasteiger partial charge < -0.3 is 0 Å². The number of hydrogen-bond donors (Lipinski definition) is 1. The molecule has 5 heteroatoms. The Labute approximate surface area is 117 Å². The van der Waals surface area contributed by atoms with Crippen molar-refractivity contribution in [3.05, 3.63) is 58.1 Å². The molecule has 0 radical (unpaired) electrons. The number of carbonyl (C=O) groups excluding carboxylic acids is 1. The van der Waals surface area contributed by atoms with E-state index in [9.17, 15) is 4.79 Å². The lowest BCUT2D eigenvalue weighted by atomic mass is 10.2. The Kier molecular flexibility index (Phi) is 5.12. The number of amides is 1. The summed E-state index contributed by atoms with van der Waals surface area (Å²) in [6.07, 6.45) is 5.59. The summed E-state index contributed by atoms with van der Waals surface area (Å²) in [5, 5.41) is 1.28. The number of rotatable bonds is 1. The molecule has 1 aromatic rings. The lowest BCUT2D eigenvalue weighted by Crippen LogP contribution is -2.29. The number of halogens is 2. The third-order valence-electron chi connectivity index (χ3n) is 2.28. The molecule has 2 nitrogen and oxygen atoms in total. The minimum Gasteiger partial charge on any atom is -0.299 e. The second kappa shape index (κ2) is 6.15. The smallest absolute Gasteiger partial charge is 0.258 e. The summed E-state index contributed by atoms with van der Waals surface area (Å²) >= 11 is 10.0. The third-order valence-corrected chi connectivity index (χ3v) is 2.92. The molecule has 1 aliphatic heterocycles. The predicted molar refractivity (Wildman–Crippen MR) is 75.9 cm³/mol. The van der Waals surface area contributed by atoms with Crippen LogP contribution in [0.15, 0.2) is 47.5 Å². The highest BCUT2D eigenvalue weighted by Crippen LogP contribution is 2.18. The minimum atomic E-state index is -0.0673. The maximum atomic E-state index is 12.1. The van der Waals surface area contributed by atoms with Gasteiger partial charge in [-0.1, -0.05) is 23.8 Å². The Hall–Kier alpha value is -0.900. The highest BCUT2D eigenvalue weighted by Gasteiger charge is 2.17. The zero-order chi connectivity index (χ0) is 11.5. The molecule has 0 aliphatic carbocycles. The molecule has 0 aromatic heterocycles. The largest absolute Gasteiger partial charge is 0.299 e. The summed E-state index contributed by atoms with van der Waals surface area (Å²) < 4.78 is 0. The second-order valence-electron chi connectivity index (χ2n) is 3.38. The fourth-order valence-electron chi connectivity index (χ4n) is 1.44. The predicted octanol–water partition coefficient (Wildman–Crippen LogP) is 3.55. The number of allylic oxidation sites excluding steroid dienone is 2. The molecule has 1 aliphatic rings. The fraction of sp³-hybridized carbons (Fsp3) is 0.0833. The van der Waals surface area contributed by atoms with Crippen LogP contribution in [0.2, 0.25) is 5.02 Å². The summed E-state index contributed by atoms with van der Waals surface area (Å²) in [6, 6.07) is 6.83. The number of nitrogens with zero attached hydrogens (tertiary/aromatic N) is 1. The van der Waals surface area contributed by atoms with Gasteiger partial charge in [0.15, 0.2) is 0 Å². The first-order valence-corrected chi connectivity index (χ1v) is 5.64. The van der Waals surface area contributed by atoms with Gasteiger partial charge >= 0.3 is 0 Å². The van der Waals surface area contributed by atoms with E-state index in [0.29, 0.717) is 22.2 Å². The molecule has 0 fully saturated rings. The third kappa shape index (κ3) is 3.28. The van der Waals surface area contributed by atoms with Crippen LogP contribution in [0.25, 0.3) is 0 Å². The van der Waals surface area contributed by atoms with E-state index in [1.807, 2.05) is 12.2 Å². The second-order valence-corrected chi connectivity index (χ2v) is 4.27. The van der Waals surface area contributed by atoms with Crippen LogP contribution in [0.1, 0.15) is 10.4 Å². The molecule has 1 aromatic carbocycles. The van der Waals surface area contributed by atoms with Crippen molar-refractivity contribution in [2.75, 3.05) is 6.54 Å². The maximum Gasteiger partial charge on any atom is 0.258 e. The lowest BCUT2D eigenvalue weighted by molar-refractivity contribution is 0.0829. The van der Waals surface area contributed by atoms with Gasteiger partial charge in [0.05, 0.1) is 5.03 Å². The van der Waals surface area contributed by atoms with E-state index < -0.39 is 0 Å². The number of benzene rings is 1. The first-order chi connectivity index (χ1) is 7.68. The molecule has 1 heterocycles. The van der Waals surface area contributed by atoms with E-state index in [2.05, 4.69) is 12.6 Å². The number of carbonyl (C=O) groups is 1. The van der Waals surface area contributed by atoms with Gasteiger partial charge in [-0.15, -0.1) is 25.0 Å².